The Morgan fingerprint density at radius 2 is 1.51 bits per heavy atom. The zero-order valence-electron chi connectivity index (χ0n) is 27.7. The number of carbonyl (C=O) groups excluding carboxylic acids is 1. The van der Waals surface area contributed by atoms with Gasteiger partial charge in [-0.2, -0.15) is 13.2 Å². The van der Waals surface area contributed by atoms with E-state index < -0.39 is 49.1 Å². The third kappa shape index (κ3) is 10.1. The fourth-order valence-corrected chi connectivity index (χ4v) is 5.69. The number of aliphatic hydroxyl groups is 1. The van der Waals surface area contributed by atoms with E-state index in [2.05, 4.69) is 0 Å². The Bertz CT molecular complexity index is 1230. The highest BCUT2D eigenvalue weighted by atomic mass is 35.5. The van der Waals surface area contributed by atoms with Gasteiger partial charge in [-0.25, -0.2) is 0 Å². The first-order chi connectivity index (χ1) is 22.5. The Morgan fingerprint density at radius 3 is 2.04 bits per heavy atom. The molecule has 0 aromatic heterocycles. The van der Waals surface area contributed by atoms with Gasteiger partial charge in [0.15, 0.2) is 18.5 Å². The first-order valence-electron chi connectivity index (χ1n) is 16.3. The molecule has 1 aliphatic rings. The van der Waals surface area contributed by atoms with Crippen molar-refractivity contribution in [3.05, 3.63) is 64.2 Å². The number of unbranched alkanes of at least 4 members (excludes halogenated alkanes) is 3. The molecule has 0 radical (unpaired) electrons. The average molecular weight is 689 g/mol. The van der Waals surface area contributed by atoms with Gasteiger partial charge in [-0.1, -0.05) is 69.8 Å². The van der Waals surface area contributed by atoms with Crippen molar-refractivity contribution in [3.8, 4) is 5.75 Å². The summed E-state index contributed by atoms with van der Waals surface area (Å²) in [7, 11) is 1.44. The van der Waals surface area contributed by atoms with Crippen molar-refractivity contribution in [2.24, 2.45) is 0 Å². The van der Waals surface area contributed by atoms with Crippen molar-refractivity contribution in [1.82, 2.24) is 0 Å². The fourth-order valence-electron chi connectivity index (χ4n) is 5.50. The van der Waals surface area contributed by atoms with Gasteiger partial charge in [0.25, 0.3) is 0 Å². The molecular formula is C35H48ClF3O8. The lowest BCUT2D eigenvalue weighted by Crippen LogP contribution is -2.72. The number of hydrogen-bond acceptors (Lipinski definition) is 8. The minimum atomic E-state index is -4.44. The lowest BCUT2D eigenvalue weighted by molar-refractivity contribution is -0.398. The van der Waals surface area contributed by atoms with Gasteiger partial charge in [-0.15, -0.1) is 0 Å². The molecule has 0 spiro atoms. The third-order valence-electron chi connectivity index (χ3n) is 8.11. The molecule has 5 atom stereocenters. The zero-order chi connectivity index (χ0) is 34.5. The molecule has 1 heterocycles. The van der Waals surface area contributed by atoms with E-state index >= 15 is 0 Å². The molecular weight excluding hydrogens is 641 g/mol. The summed E-state index contributed by atoms with van der Waals surface area (Å²) < 4.78 is 74.6. The molecule has 8 nitrogen and oxygen atoms in total. The number of carbonyl (C=O) groups is 1. The maximum atomic E-state index is 12.9. The largest absolute Gasteiger partial charge is 0.484 e. The number of aliphatic hydroxyl groups excluding tert-OH is 1. The van der Waals surface area contributed by atoms with Crippen LogP contribution in [0.3, 0.4) is 0 Å². The van der Waals surface area contributed by atoms with Gasteiger partial charge < -0.3 is 33.5 Å². The minimum absolute atomic E-state index is 0.0889. The van der Waals surface area contributed by atoms with Crippen LogP contribution in [0.5, 0.6) is 5.75 Å². The molecule has 3 rings (SSSR count). The van der Waals surface area contributed by atoms with Gasteiger partial charge in [-0.3, -0.25) is 4.79 Å². The molecule has 0 bridgehead atoms. The Labute approximate surface area is 280 Å². The van der Waals surface area contributed by atoms with E-state index in [0.29, 0.717) is 48.7 Å². The molecule has 264 valence electrons. The number of rotatable bonds is 20. The van der Waals surface area contributed by atoms with Crippen molar-refractivity contribution >= 4 is 17.9 Å². The zero-order valence-corrected chi connectivity index (χ0v) is 28.4. The van der Waals surface area contributed by atoms with Crippen LogP contribution < -0.4 is 4.74 Å². The SMILES string of the molecule is CCCCO[C@@H]1[C@@H](OCCCC)[C@](OC)(c2ccc(Cl)c(Cc3ccc(OCC(F)(F)F)cc3)c2)O[C@](C=O)(CO)[C@H]1OCCCC. The van der Waals surface area contributed by atoms with Crippen LogP contribution in [0.4, 0.5) is 13.2 Å². The van der Waals surface area contributed by atoms with Gasteiger partial charge in [0.2, 0.25) is 5.79 Å². The Hall–Kier alpha value is -2.25. The highest BCUT2D eigenvalue weighted by Crippen LogP contribution is 2.47. The first kappa shape index (κ1) is 39.2. The highest BCUT2D eigenvalue weighted by Gasteiger charge is 2.64. The van der Waals surface area contributed by atoms with Crippen LogP contribution in [0.2, 0.25) is 5.02 Å². The van der Waals surface area contributed by atoms with E-state index in [1.165, 1.54) is 19.2 Å². The number of aldehydes is 1. The summed E-state index contributed by atoms with van der Waals surface area (Å²) in [6.07, 6.45) is -1.53. The normalized spacial score (nSPS) is 24.7. The van der Waals surface area contributed by atoms with E-state index in [9.17, 15) is 23.1 Å². The molecule has 0 saturated carbocycles. The Balaban J connectivity index is 2.09. The standard InChI is InChI=1S/C35H48ClF3O8/c1-5-8-17-43-30-31(44-18-9-6-2)33(22-40,23-41)47-35(42-4,32(30)45-19-10-7-3)27-13-16-29(36)26(21-27)20-25-11-14-28(15-12-25)46-24-34(37,38)39/h11-16,21-22,30-32,41H,5-10,17-20,23-24H2,1-4H3/t30-,31-,32+,33+,35-/m0/s1. The van der Waals surface area contributed by atoms with Gasteiger partial charge in [0.1, 0.15) is 24.1 Å². The van der Waals surface area contributed by atoms with Crippen LogP contribution >= 0.6 is 11.6 Å². The van der Waals surface area contributed by atoms with Crippen molar-refractivity contribution in [2.75, 3.05) is 40.1 Å². The topological polar surface area (TPSA) is 92.7 Å². The number of alkyl halides is 3. The molecule has 12 heteroatoms. The van der Waals surface area contributed by atoms with Crippen LogP contribution in [0, 0.1) is 0 Å². The second-order valence-corrected chi connectivity index (χ2v) is 12.1. The molecule has 0 aliphatic carbocycles. The number of benzene rings is 2. The van der Waals surface area contributed by atoms with Gasteiger partial charge in [0, 0.05) is 37.5 Å². The van der Waals surface area contributed by atoms with Gasteiger partial charge in [0.05, 0.1) is 6.61 Å². The summed E-state index contributed by atoms with van der Waals surface area (Å²) in [6.45, 7) is 5.05. The highest BCUT2D eigenvalue weighted by molar-refractivity contribution is 6.31. The Morgan fingerprint density at radius 1 is 0.915 bits per heavy atom. The number of halogens is 4. The lowest BCUT2D eigenvalue weighted by atomic mass is 9.80. The second kappa shape index (κ2) is 18.5. The van der Waals surface area contributed by atoms with E-state index in [1.54, 1.807) is 30.3 Å². The number of methoxy groups -OCH3 is 1. The summed E-state index contributed by atoms with van der Waals surface area (Å²) in [6, 6.07) is 11.4. The molecule has 47 heavy (non-hydrogen) atoms. The third-order valence-corrected chi connectivity index (χ3v) is 8.48. The van der Waals surface area contributed by atoms with E-state index in [4.69, 9.17) is 40.0 Å². The monoisotopic (exact) mass is 688 g/mol. The van der Waals surface area contributed by atoms with Crippen LogP contribution in [0.1, 0.15) is 76.0 Å². The summed E-state index contributed by atoms with van der Waals surface area (Å²) in [4.78, 5) is 12.9. The maximum absolute atomic E-state index is 12.9. The summed E-state index contributed by atoms with van der Waals surface area (Å²) in [5, 5.41) is 11.2. The van der Waals surface area contributed by atoms with Gasteiger partial charge >= 0.3 is 6.18 Å². The summed E-state index contributed by atoms with van der Waals surface area (Å²) >= 11 is 6.66. The average Bonchev–Trinajstić information content (AvgIpc) is 3.06. The van der Waals surface area contributed by atoms with Crippen molar-refractivity contribution in [3.63, 3.8) is 0 Å². The van der Waals surface area contributed by atoms with E-state index in [0.717, 1.165) is 44.1 Å². The Kier molecular flexibility index (Phi) is 15.4. The maximum Gasteiger partial charge on any atom is 0.422 e. The predicted molar refractivity (Wildman–Crippen MR) is 172 cm³/mol. The van der Waals surface area contributed by atoms with E-state index in [-0.39, 0.29) is 5.75 Å². The minimum Gasteiger partial charge on any atom is -0.484 e. The molecule has 1 N–H and O–H groups in total. The predicted octanol–water partition coefficient (Wildman–Crippen LogP) is 7.19. The number of ether oxygens (including phenoxy) is 6. The van der Waals surface area contributed by atoms with Crippen LogP contribution in [0.25, 0.3) is 0 Å². The quantitative estimate of drug-likeness (QED) is 0.116. The molecule has 1 fully saturated rings. The summed E-state index contributed by atoms with van der Waals surface area (Å²) in [5.41, 5.74) is 0.0442. The van der Waals surface area contributed by atoms with Crippen molar-refractivity contribution in [2.45, 2.75) is 102 Å². The van der Waals surface area contributed by atoms with Gasteiger partial charge in [-0.05, 0) is 61.1 Å². The van der Waals surface area contributed by atoms with Crippen molar-refractivity contribution in [1.29, 1.82) is 0 Å². The smallest absolute Gasteiger partial charge is 0.422 e. The first-order valence-corrected chi connectivity index (χ1v) is 16.7. The molecule has 2 aromatic rings. The van der Waals surface area contributed by atoms with Crippen LogP contribution in [-0.2, 0) is 40.7 Å². The summed E-state index contributed by atoms with van der Waals surface area (Å²) in [5.74, 6) is -1.64. The fraction of sp³-hybridized carbons (Fsp3) is 0.629. The molecule has 1 aliphatic heterocycles. The van der Waals surface area contributed by atoms with Crippen molar-refractivity contribution < 1.29 is 51.5 Å². The molecule has 2 aromatic carbocycles. The molecule has 1 saturated heterocycles. The van der Waals surface area contributed by atoms with Crippen LogP contribution in [-0.4, -0.2) is 81.6 Å². The van der Waals surface area contributed by atoms with E-state index in [1.807, 2.05) is 20.8 Å². The molecule has 0 unspecified atom stereocenters. The van der Waals surface area contributed by atoms with Crippen LogP contribution in [0.15, 0.2) is 42.5 Å². The second-order valence-electron chi connectivity index (χ2n) is 11.7. The number of hydrogen-bond donors (Lipinski definition) is 1. The molecule has 0 amide bonds. The lowest BCUT2D eigenvalue weighted by Gasteiger charge is -2.55.